The van der Waals surface area contributed by atoms with Crippen molar-refractivity contribution in [3.63, 3.8) is 0 Å². The molecule has 0 bridgehead atoms. The SMILES string of the molecule is CC[C@H](C)c1nc2ccc(Br)cc2c(=O)n1N=Cc1cccc(OC)c1OCc1ccc(Cl)cc1Cl. The zero-order valence-corrected chi connectivity index (χ0v) is 23.1. The third-order valence-corrected chi connectivity index (χ3v) is 6.90. The Morgan fingerprint density at radius 2 is 1.97 bits per heavy atom. The lowest BCUT2D eigenvalue weighted by Crippen LogP contribution is -2.23. The third-order valence-electron chi connectivity index (χ3n) is 5.82. The predicted molar refractivity (Wildman–Crippen MR) is 149 cm³/mol. The Bertz CT molecular complexity index is 1500. The van der Waals surface area contributed by atoms with Gasteiger partial charge in [-0.15, -0.1) is 0 Å². The van der Waals surface area contributed by atoms with E-state index in [4.69, 9.17) is 37.7 Å². The molecule has 0 aliphatic rings. The van der Waals surface area contributed by atoms with Crippen molar-refractivity contribution < 1.29 is 9.47 Å². The highest BCUT2D eigenvalue weighted by Crippen LogP contribution is 2.32. The lowest BCUT2D eigenvalue weighted by molar-refractivity contribution is 0.284. The van der Waals surface area contributed by atoms with Crippen molar-refractivity contribution in [2.75, 3.05) is 7.11 Å². The molecule has 3 aromatic carbocycles. The van der Waals surface area contributed by atoms with Crippen molar-refractivity contribution in [3.8, 4) is 11.5 Å². The van der Waals surface area contributed by atoms with Crippen molar-refractivity contribution in [2.24, 2.45) is 5.10 Å². The van der Waals surface area contributed by atoms with Crippen LogP contribution in [0.1, 0.15) is 43.1 Å². The predicted octanol–water partition coefficient (Wildman–Crippen LogP) is 7.45. The van der Waals surface area contributed by atoms with Crippen LogP contribution in [0.3, 0.4) is 0 Å². The first kappa shape index (κ1) is 26.2. The van der Waals surface area contributed by atoms with Gasteiger partial charge in [-0.1, -0.05) is 65.1 Å². The second kappa shape index (κ2) is 11.5. The van der Waals surface area contributed by atoms with Crippen LogP contribution < -0.4 is 15.0 Å². The Kier molecular flexibility index (Phi) is 8.34. The van der Waals surface area contributed by atoms with Crippen LogP contribution in [0.15, 0.2) is 69.0 Å². The molecule has 6 nitrogen and oxygen atoms in total. The van der Waals surface area contributed by atoms with Gasteiger partial charge in [0.2, 0.25) is 0 Å². The molecule has 0 saturated carbocycles. The van der Waals surface area contributed by atoms with Gasteiger partial charge < -0.3 is 9.47 Å². The molecule has 36 heavy (non-hydrogen) atoms. The van der Waals surface area contributed by atoms with E-state index in [-0.39, 0.29) is 18.1 Å². The molecule has 186 valence electrons. The summed E-state index contributed by atoms with van der Waals surface area (Å²) in [5.41, 5.74) is 1.80. The molecule has 0 N–H and O–H groups in total. The van der Waals surface area contributed by atoms with E-state index in [1.165, 1.54) is 4.68 Å². The molecule has 0 aliphatic carbocycles. The van der Waals surface area contributed by atoms with Gasteiger partial charge in [-0.05, 0) is 48.9 Å². The maximum absolute atomic E-state index is 13.4. The Morgan fingerprint density at radius 1 is 1.17 bits per heavy atom. The van der Waals surface area contributed by atoms with Crippen LogP contribution in [0.25, 0.3) is 10.9 Å². The molecule has 1 heterocycles. The van der Waals surface area contributed by atoms with Crippen LogP contribution in [-0.4, -0.2) is 23.0 Å². The van der Waals surface area contributed by atoms with Crippen molar-refractivity contribution in [1.29, 1.82) is 0 Å². The smallest absolute Gasteiger partial charge is 0.282 e. The minimum absolute atomic E-state index is 0.0240. The van der Waals surface area contributed by atoms with Crippen LogP contribution in [0.4, 0.5) is 0 Å². The highest BCUT2D eigenvalue weighted by Gasteiger charge is 2.16. The number of methoxy groups -OCH3 is 1. The minimum atomic E-state index is -0.244. The number of para-hydroxylation sites is 1. The Morgan fingerprint density at radius 3 is 2.69 bits per heavy atom. The number of hydrogen-bond acceptors (Lipinski definition) is 5. The average Bonchev–Trinajstić information content (AvgIpc) is 2.87. The summed E-state index contributed by atoms with van der Waals surface area (Å²) >= 11 is 15.8. The molecule has 4 aromatic rings. The molecule has 1 atom stereocenters. The van der Waals surface area contributed by atoms with Gasteiger partial charge in [-0.25, -0.2) is 4.98 Å². The summed E-state index contributed by atoms with van der Waals surface area (Å²) < 4.78 is 13.8. The molecule has 0 spiro atoms. The van der Waals surface area contributed by atoms with Crippen molar-refractivity contribution in [2.45, 2.75) is 32.8 Å². The van der Waals surface area contributed by atoms with Gasteiger partial charge in [0.1, 0.15) is 12.4 Å². The monoisotopic (exact) mass is 587 g/mol. The molecule has 1 aromatic heterocycles. The highest BCUT2D eigenvalue weighted by molar-refractivity contribution is 9.10. The van der Waals surface area contributed by atoms with E-state index < -0.39 is 0 Å². The largest absolute Gasteiger partial charge is 0.493 e. The summed E-state index contributed by atoms with van der Waals surface area (Å²) in [7, 11) is 1.56. The Hall–Kier alpha value is -2.87. The van der Waals surface area contributed by atoms with Crippen molar-refractivity contribution >= 4 is 56.2 Å². The Labute approximate surface area is 227 Å². The van der Waals surface area contributed by atoms with Crippen molar-refractivity contribution in [1.82, 2.24) is 9.66 Å². The molecular weight excluding hydrogens is 565 g/mol. The second-order valence-corrected chi connectivity index (χ2v) is 9.96. The third kappa shape index (κ3) is 5.59. The van der Waals surface area contributed by atoms with Gasteiger partial charge in [0.25, 0.3) is 5.56 Å². The summed E-state index contributed by atoms with van der Waals surface area (Å²) in [6, 6.07) is 16.1. The van der Waals surface area contributed by atoms with Crippen LogP contribution in [-0.2, 0) is 6.61 Å². The van der Waals surface area contributed by atoms with E-state index >= 15 is 0 Å². The summed E-state index contributed by atoms with van der Waals surface area (Å²) in [6.07, 6.45) is 2.39. The molecule has 0 aliphatic heterocycles. The highest BCUT2D eigenvalue weighted by atomic mass is 79.9. The molecule has 0 saturated heterocycles. The molecular formula is C27H24BrCl2N3O3. The standard InChI is InChI=1S/C27H24BrCl2N3O3/c1-4-16(2)26-32-23-11-9-19(28)12-21(23)27(34)33(26)31-14-17-6-5-7-24(35-3)25(17)36-15-18-8-10-20(29)13-22(18)30/h5-14,16H,4,15H2,1-3H3/t16-/m0/s1. The van der Waals surface area contributed by atoms with Gasteiger partial charge in [0.05, 0.1) is 24.2 Å². The summed E-state index contributed by atoms with van der Waals surface area (Å²) in [6.45, 7) is 4.27. The topological polar surface area (TPSA) is 65.7 Å². The van der Waals surface area contributed by atoms with Gasteiger partial charge in [-0.3, -0.25) is 4.79 Å². The van der Waals surface area contributed by atoms with E-state index in [0.717, 1.165) is 16.5 Å². The number of rotatable bonds is 8. The lowest BCUT2D eigenvalue weighted by atomic mass is 10.1. The van der Waals surface area contributed by atoms with Crippen LogP contribution in [0, 0.1) is 0 Å². The summed E-state index contributed by atoms with van der Waals surface area (Å²) in [4.78, 5) is 18.2. The molecule has 0 amide bonds. The van der Waals surface area contributed by atoms with Crippen LogP contribution in [0.2, 0.25) is 10.0 Å². The van der Waals surface area contributed by atoms with Gasteiger partial charge in [0.15, 0.2) is 11.5 Å². The fourth-order valence-corrected chi connectivity index (χ4v) is 4.46. The van der Waals surface area contributed by atoms with Crippen LogP contribution >= 0.6 is 39.1 Å². The molecule has 9 heteroatoms. The summed E-state index contributed by atoms with van der Waals surface area (Å²) in [5, 5.41) is 6.10. The molecule has 0 unspecified atom stereocenters. The normalized spacial score (nSPS) is 12.3. The molecule has 0 radical (unpaired) electrons. The first-order valence-electron chi connectivity index (χ1n) is 11.3. The van der Waals surface area contributed by atoms with Gasteiger partial charge >= 0.3 is 0 Å². The number of fused-ring (bicyclic) bond motifs is 1. The number of ether oxygens (including phenoxy) is 2. The maximum Gasteiger partial charge on any atom is 0.282 e. The Balaban J connectivity index is 1.77. The lowest BCUT2D eigenvalue weighted by Gasteiger charge is -2.15. The zero-order chi connectivity index (χ0) is 25.8. The fourth-order valence-electron chi connectivity index (χ4n) is 3.64. The quantitative estimate of drug-likeness (QED) is 0.200. The van der Waals surface area contributed by atoms with E-state index in [1.807, 2.05) is 44.2 Å². The zero-order valence-electron chi connectivity index (χ0n) is 20.0. The molecule has 0 fully saturated rings. The second-order valence-electron chi connectivity index (χ2n) is 8.21. The number of hydrogen-bond donors (Lipinski definition) is 0. The fraction of sp³-hybridized carbons (Fsp3) is 0.222. The van der Waals surface area contributed by atoms with E-state index in [1.54, 1.807) is 37.6 Å². The summed E-state index contributed by atoms with van der Waals surface area (Å²) in [5.74, 6) is 1.62. The average molecular weight is 589 g/mol. The van der Waals surface area contributed by atoms with E-state index in [9.17, 15) is 4.79 Å². The maximum atomic E-state index is 13.4. The molecule has 4 rings (SSSR count). The number of aromatic nitrogens is 2. The van der Waals surface area contributed by atoms with Crippen molar-refractivity contribution in [3.05, 3.63) is 96.4 Å². The van der Waals surface area contributed by atoms with Crippen LogP contribution in [0.5, 0.6) is 11.5 Å². The minimum Gasteiger partial charge on any atom is -0.493 e. The number of halogens is 3. The van der Waals surface area contributed by atoms with Gasteiger partial charge in [0, 0.05) is 31.6 Å². The first-order valence-corrected chi connectivity index (χ1v) is 12.9. The van der Waals surface area contributed by atoms with E-state index in [2.05, 4.69) is 21.0 Å². The number of benzene rings is 3. The first-order chi connectivity index (χ1) is 17.3. The van der Waals surface area contributed by atoms with Gasteiger partial charge in [-0.2, -0.15) is 9.78 Å². The number of nitrogens with zero attached hydrogens (tertiary/aromatic N) is 3. The van der Waals surface area contributed by atoms with E-state index in [0.29, 0.717) is 43.8 Å².